The van der Waals surface area contributed by atoms with E-state index in [2.05, 4.69) is 5.32 Å². The molecule has 160 valence electrons. The highest BCUT2D eigenvalue weighted by molar-refractivity contribution is 7.80. The molecule has 0 saturated carbocycles. The lowest BCUT2D eigenvalue weighted by Crippen LogP contribution is -2.54. The molecule has 0 spiro atoms. The number of carbonyl (C=O) groups is 3. The summed E-state index contributed by atoms with van der Waals surface area (Å²) >= 11 is 5.26. The zero-order chi connectivity index (χ0) is 23.0. The number of rotatable bonds is 4. The van der Waals surface area contributed by atoms with E-state index in [9.17, 15) is 19.5 Å². The van der Waals surface area contributed by atoms with Crippen LogP contribution in [0.5, 0.6) is 0 Å². The number of thiocarbonyl (C=S) groups is 1. The standard InChI is InChI=1S/C24H18N2O5S/c1-13-6-5-9-19(14(13)2)26-22(28)18(21(27)25-24(26)32)12-15-10-11-20(31-15)16-7-3-4-8-17(16)23(29)30/h3-12H,1-2H3,(H,29,30)(H,25,27,32). The van der Waals surface area contributed by atoms with Crippen LogP contribution < -0.4 is 10.2 Å². The van der Waals surface area contributed by atoms with Crippen molar-refractivity contribution in [2.24, 2.45) is 0 Å². The fourth-order valence-corrected chi connectivity index (χ4v) is 3.73. The van der Waals surface area contributed by atoms with Crippen LogP contribution in [0.25, 0.3) is 17.4 Å². The first-order chi connectivity index (χ1) is 15.3. The zero-order valence-electron chi connectivity index (χ0n) is 17.2. The number of carboxylic acids is 1. The molecule has 32 heavy (non-hydrogen) atoms. The second-order valence-corrected chi connectivity index (χ2v) is 7.62. The number of anilines is 1. The molecule has 0 atom stereocenters. The molecule has 1 saturated heterocycles. The van der Waals surface area contributed by atoms with Crippen LogP contribution in [0.3, 0.4) is 0 Å². The van der Waals surface area contributed by atoms with Crippen molar-refractivity contribution in [2.75, 3.05) is 4.90 Å². The summed E-state index contributed by atoms with van der Waals surface area (Å²) < 4.78 is 5.75. The van der Waals surface area contributed by atoms with Crippen LogP contribution in [-0.2, 0) is 9.59 Å². The Bertz CT molecular complexity index is 1320. The molecule has 0 bridgehead atoms. The Balaban J connectivity index is 1.72. The largest absolute Gasteiger partial charge is 0.478 e. The van der Waals surface area contributed by atoms with Crippen molar-refractivity contribution in [3.8, 4) is 11.3 Å². The first-order valence-electron chi connectivity index (χ1n) is 9.68. The van der Waals surface area contributed by atoms with E-state index in [0.717, 1.165) is 11.1 Å². The third kappa shape index (κ3) is 3.72. The Labute approximate surface area is 189 Å². The molecule has 7 nitrogen and oxygen atoms in total. The van der Waals surface area contributed by atoms with Crippen LogP contribution >= 0.6 is 12.2 Å². The van der Waals surface area contributed by atoms with Crippen molar-refractivity contribution in [1.29, 1.82) is 0 Å². The topological polar surface area (TPSA) is 99.8 Å². The van der Waals surface area contributed by atoms with E-state index in [0.29, 0.717) is 17.0 Å². The van der Waals surface area contributed by atoms with E-state index in [-0.39, 0.29) is 22.0 Å². The van der Waals surface area contributed by atoms with Gasteiger partial charge in [-0.05, 0) is 67.5 Å². The minimum Gasteiger partial charge on any atom is -0.478 e. The Kier molecular flexibility index (Phi) is 5.46. The summed E-state index contributed by atoms with van der Waals surface area (Å²) in [6.45, 7) is 3.80. The summed E-state index contributed by atoms with van der Waals surface area (Å²) in [5.74, 6) is -1.76. The number of hydrogen-bond donors (Lipinski definition) is 2. The molecule has 1 fully saturated rings. The Hall–Kier alpha value is -4.04. The predicted octanol–water partition coefficient (Wildman–Crippen LogP) is 4.09. The van der Waals surface area contributed by atoms with E-state index in [1.807, 2.05) is 26.0 Å². The number of nitrogens with one attached hydrogen (secondary N) is 1. The normalized spacial score (nSPS) is 15.2. The quantitative estimate of drug-likeness (QED) is 0.356. The zero-order valence-corrected chi connectivity index (χ0v) is 18.0. The molecule has 3 aromatic rings. The molecule has 2 amide bonds. The van der Waals surface area contributed by atoms with Crippen LogP contribution in [0.1, 0.15) is 27.2 Å². The molecule has 0 radical (unpaired) electrons. The van der Waals surface area contributed by atoms with Crippen molar-refractivity contribution in [1.82, 2.24) is 5.32 Å². The van der Waals surface area contributed by atoms with Crippen LogP contribution in [0.15, 0.2) is 64.6 Å². The number of hydrogen-bond acceptors (Lipinski definition) is 5. The first-order valence-corrected chi connectivity index (χ1v) is 10.1. The van der Waals surface area contributed by atoms with Gasteiger partial charge in [-0.15, -0.1) is 0 Å². The minimum absolute atomic E-state index is 0.00127. The number of carbonyl (C=O) groups excluding carboxylic acids is 2. The van der Waals surface area contributed by atoms with Crippen molar-refractivity contribution in [2.45, 2.75) is 13.8 Å². The Morgan fingerprint density at radius 3 is 2.56 bits per heavy atom. The number of benzene rings is 2. The van der Waals surface area contributed by atoms with Gasteiger partial charge in [0.1, 0.15) is 17.1 Å². The maximum Gasteiger partial charge on any atom is 0.336 e. The van der Waals surface area contributed by atoms with Crippen LogP contribution in [0.4, 0.5) is 5.69 Å². The Morgan fingerprint density at radius 2 is 1.81 bits per heavy atom. The fraction of sp³-hybridized carbons (Fsp3) is 0.0833. The van der Waals surface area contributed by atoms with Gasteiger partial charge < -0.3 is 9.52 Å². The monoisotopic (exact) mass is 446 g/mol. The second kappa shape index (κ2) is 8.24. The van der Waals surface area contributed by atoms with E-state index >= 15 is 0 Å². The van der Waals surface area contributed by atoms with Crippen LogP contribution in [-0.4, -0.2) is 28.0 Å². The number of amides is 2. The summed E-state index contributed by atoms with van der Waals surface area (Å²) in [7, 11) is 0. The average Bonchev–Trinajstić information content (AvgIpc) is 3.22. The second-order valence-electron chi connectivity index (χ2n) is 7.23. The molecule has 4 rings (SSSR count). The first kappa shape index (κ1) is 21.2. The number of nitrogens with zero attached hydrogens (tertiary/aromatic N) is 1. The molecule has 0 aliphatic carbocycles. The van der Waals surface area contributed by atoms with Gasteiger partial charge in [0.05, 0.1) is 11.3 Å². The van der Waals surface area contributed by atoms with Crippen molar-refractivity contribution in [3.05, 3.63) is 82.6 Å². The maximum atomic E-state index is 13.2. The van der Waals surface area contributed by atoms with Gasteiger partial charge >= 0.3 is 5.97 Å². The smallest absolute Gasteiger partial charge is 0.336 e. The highest BCUT2D eigenvalue weighted by atomic mass is 32.1. The molecule has 1 aliphatic heterocycles. The predicted molar refractivity (Wildman–Crippen MR) is 123 cm³/mol. The number of furan rings is 1. The fourth-order valence-electron chi connectivity index (χ4n) is 3.46. The van der Waals surface area contributed by atoms with Crippen molar-refractivity contribution in [3.63, 3.8) is 0 Å². The average molecular weight is 446 g/mol. The van der Waals surface area contributed by atoms with E-state index in [1.165, 1.54) is 17.0 Å². The van der Waals surface area contributed by atoms with E-state index < -0.39 is 17.8 Å². The third-order valence-corrected chi connectivity index (χ3v) is 5.54. The number of aromatic carboxylic acids is 1. The molecular formula is C24H18N2O5S. The van der Waals surface area contributed by atoms with Gasteiger partial charge in [-0.3, -0.25) is 19.8 Å². The van der Waals surface area contributed by atoms with Gasteiger partial charge in [0.2, 0.25) is 0 Å². The summed E-state index contributed by atoms with van der Waals surface area (Å²) in [5.41, 5.74) is 2.76. The van der Waals surface area contributed by atoms with Crippen molar-refractivity contribution >= 4 is 46.9 Å². The van der Waals surface area contributed by atoms with Crippen LogP contribution in [0, 0.1) is 13.8 Å². The van der Waals surface area contributed by atoms with E-state index in [4.69, 9.17) is 16.6 Å². The summed E-state index contributed by atoms with van der Waals surface area (Å²) in [5, 5.41) is 11.9. The van der Waals surface area contributed by atoms with E-state index in [1.54, 1.807) is 36.4 Å². The number of carboxylic acid groups (broad SMARTS) is 1. The lowest BCUT2D eigenvalue weighted by Gasteiger charge is -2.30. The molecule has 2 aromatic carbocycles. The lowest BCUT2D eigenvalue weighted by molar-refractivity contribution is -0.122. The third-order valence-electron chi connectivity index (χ3n) is 5.25. The highest BCUT2D eigenvalue weighted by Crippen LogP contribution is 2.29. The van der Waals surface area contributed by atoms with Gasteiger partial charge in [0, 0.05) is 5.56 Å². The highest BCUT2D eigenvalue weighted by Gasteiger charge is 2.35. The molecule has 8 heteroatoms. The molecule has 1 aliphatic rings. The van der Waals surface area contributed by atoms with Crippen LogP contribution in [0.2, 0.25) is 0 Å². The molecular weight excluding hydrogens is 428 g/mol. The van der Waals surface area contributed by atoms with Crippen molar-refractivity contribution < 1.29 is 23.9 Å². The van der Waals surface area contributed by atoms with Gasteiger partial charge in [-0.2, -0.15) is 0 Å². The molecule has 0 unspecified atom stereocenters. The minimum atomic E-state index is -1.09. The molecule has 2 N–H and O–H groups in total. The summed E-state index contributed by atoms with van der Waals surface area (Å²) in [6.07, 6.45) is 1.32. The van der Waals surface area contributed by atoms with Gasteiger partial charge in [-0.25, -0.2) is 4.79 Å². The van der Waals surface area contributed by atoms with Gasteiger partial charge in [0.25, 0.3) is 11.8 Å². The van der Waals surface area contributed by atoms with Gasteiger partial charge in [0.15, 0.2) is 5.11 Å². The molecule has 2 heterocycles. The summed E-state index contributed by atoms with van der Waals surface area (Å²) in [4.78, 5) is 38.5. The summed E-state index contributed by atoms with van der Waals surface area (Å²) in [6, 6.07) is 15.1. The SMILES string of the molecule is Cc1cccc(N2C(=O)C(=Cc3ccc(-c4ccccc4C(=O)O)o3)C(=O)NC2=S)c1C. The van der Waals surface area contributed by atoms with Gasteiger partial charge in [-0.1, -0.05) is 30.3 Å². The molecule has 1 aromatic heterocycles. The number of aryl methyl sites for hydroxylation is 1. The Morgan fingerprint density at radius 1 is 1.06 bits per heavy atom. The lowest BCUT2D eigenvalue weighted by atomic mass is 10.0. The maximum absolute atomic E-state index is 13.2.